The topological polar surface area (TPSA) is 38.0 Å². The minimum absolute atomic E-state index is 0.270. The minimum Gasteiger partial charge on any atom is -0.385 e. The monoisotopic (exact) mass is 206 g/mol. The lowest BCUT2D eigenvalue weighted by molar-refractivity contribution is 0.690. The summed E-state index contributed by atoms with van der Waals surface area (Å²) in [6.07, 6.45) is 2.08. The predicted octanol–water partition coefficient (Wildman–Crippen LogP) is 2.71. The van der Waals surface area contributed by atoms with Crippen LogP contribution in [0.4, 0.5) is 5.69 Å². The van der Waals surface area contributed by atoms with E-state index in [1.54, 1.807) is 0 Å². The summed E-state index contributed by atoms with van der Waals surface area (Å²) in [5, 5.41) is 3.48. The number of benzene rings is 1. The molecule has 2 heteroatoms. The fourth-order valence-electron chi connectivity index (χ4n) is 1.70. The van der Waals surface area contributed by atoms with Crippen LogP contribution in [0, 0.1) is 6.92 Å². The quantitative estimate of drug-likeness (QED) is 0.777. The zero-order valence-electron chi connectivity index (χ0n) is 10.0. The van der Waals surface area contributed by atoms with E-state index in [0.29, 0.717) is 0 Å². The average molecular weight is 206 g/mol. The number of hydrogen-bond acceptors (Lipinski definition) is 2. The molecule has 0 aromatic heterocycles. The lowest BCUT2D eigenvalue weighted by Gasteiger charge is -2.14. The van der Waals surface area contributed by atoms with E-state index in [9.17, 15) is 0 Å². The number of rotatable bonds is 5. The van der Waals surface area contributed by atoms with Gasteiger partial charge in [-0.25, -0.2) is 0 Å². The van der Waals surface area contributed by atoms with Crippen LogP contribution in [0.15, 0.2) is 18.2 Å². The third-order valence-corrected chi connectivity index (χ3v) is 2.64. The Morgan fingerprint density at radius 3 is 2.73 bits per heavy atom. The van der Waals surface area contributed by atoms with Crippen LogP contribution in [0.1, 0.15) is 31.4 Å². The van der Waals surface area contributed by atoms with E-state index in [0.717, 1.165) is 19.4 Å². The van der Waals surface area contributed by atoms with E-state index in [1.165, 1.54) is 16.8 Å². The number of para-hydroxylation sites is 1. The summed E-state index contributed by atoms with van der Waals surface area (Å²) in [6, 6.07) is 6.71. The van der Waals surface area contributed by atoms with Crippen molar-refractivity contribution in [2.24, 2.45) is 5.73 Å². The van der Waals surface area contributed by atoms with Gasteiger partial charge in [0.1, 0.15) is 0 Å². The SMILES string of the molecule is CCc1cccc(C)c1NCCC(C)N. The molecule has 0 saturated heterocycles. The summed E-state index contributed by atoms with van der Waals surface area (Å²) >= 11 is 0. The summed E-state index contributed by atoms with van der Waals surface area (Å²) in [5.74, 6) is 0. The first-order valence-corrected chi connectivity index (χ1v) is 5.73. The second kappa shape index (κ2) is 5.76. The number of nitrogens with two attached hydrogens (primary N) is 1. The second-order valence-electron chi connectivity index (χ2n) is 4.16. The Morgan fingerprint density at radius 1 is 1.40 bits per heavy atom. The lowest BCUT2D eigenvalue weighted by atomic mass is 10.1. The minimum atomic E-state index is 0.270. The van der Waals surface area contributed by atoms with Gasteiger partial charge in [-0.1, -0.05) is 25.1 Å². The van der Waals surface area contributed by atoms with Crippen LogP contribution in [0.2, 0.25) is 0 Å². The van der Waals surface area contributed by atoms with Crippen molar-refractivity contribution < 1.29 is 0 Å². The summed E-state index contributed by atoms with van der Waals surface area (Å²) in [7, 11) is 0. The van der Waals surface area contributed by atoms with Gasteiger partial charge in [0.05, 0.1) is 0 Å². The molecule has 2 nitrogen and oxygen atoms in total. The largest absolute Gasteiger partial charge is 0.385 e. The van der Waals surface area contributed by atoms with Gasteiger partial charge in [0, 0.05) is 18.3 Å². The maximum atomic E-state index is 5.73. The molecule has 1 unspecified atom stereocenters. The highest BCUT2D eigenvalue weighted by atomic mass is 14.9. The van der Waals surface area contributed by atoms with E-state index in [1.807, 2.05) is 6.92 Å². The Bertz CT molecular complexity index is 305. The van der Waals surface area contributed by atoms with Gasteiger partial charge in [-0.2, -0.15) is 0 Å². The second-order valence-corrected chi connectivity index (χ2v) is 4.16. The molecule has 15 heavy (non-hydrogen) atoms. The van der Waals surface area contributed by atoms with E-state index in [2.05, 4.69) is 37.4 Å². The first-order chi connectivity index (χ1) is 7.15. The molecule has 1 aromatic rings. The normalized spacial score (nSPS) is 12.5. The fraction of sp³-hybridized carbons (Fsp3) is 0.538. The van der Waals surface area contributed by atoms with Crippen LogP contribution in [0.5, 0.6) is 0 Å². The molecular weight excluding hydrogens is 184 g/mol. The van der Waals surface area contributed by atoms with Crippen molar-refractivity contribution in [3.63, 3.8) is 0 Å². The van der Waals surface area contributed by atoms with Gasteiger partial charge in [-0.15, -0.1) is 0 Å². The highest BCUT2D eigenvalue weighted by Gasteiger charge is 2.03. The summed E-state index contributed by atoms with van der Waals surface area (Å²) in [4.78, 5) is 0. The Hall–Kier alpha value is -1.02. The molecule has 0 aliphatic heterocycles. The molecule has 1 aromatic carbocycles. The molecule has 0 spiro atoms. The Morgan fingerprint density at radius 2 is 2.13 bits per heavy atom. The molecule has 1 atom stereocenters. The summed E-state index contributed by atoms with van der Waals surface area (Å²) in [5.41, 5.74) is 9.72. The molecule has 1 rings (SSSR count). The first-order valence-electron chi connectivity index (χ1n) is 5.73. The van der Waals surface area contributed by atoms with Gasteiger partial charge < -0.3 is 11.1 Å². The van der Waals surface area contributed by atoms with Gasteiger partial charge in [0.25, 0.3) is 0 Å². The van der Waals surface area contributed by atoms with Gasteiger partial charge in [-0.3, -0.25) is 0 Å². The van der Waals surface area contributed by atoms with Crippen LogP contribution >= 0.6 is 0 Å². The van der Waals surface area contributed by atoms with E-state index >= 15 is 0 Å². The molecule has 0 amide bonds. The average Bonchev–Trinajstić information content (AvgIpc) is 2.20. The highest BCUT2D eigenvalue weighted by molar-refractivity contribution is 5.57. The van der Waals surface area contributed by atoms with Crippen molar-refractivity contribution >= 4 is 5.69 Å². The van der Waals surface area contributed by atoms with Gasteiger partial charge in [0.15, 0.2) is 0 Å². The van der Waals surface area contributed by atoms with Crippen molar-refractivity contribution in [1.29, 1.82) is 0 Å². The molecule has 3 N–H and O–H groups in total. The standard InChI is InChI=1S/C13H22N2/c1-4-12-7-5-6-10(2)13(12)15-9-8-11(3)14/h5-7,11,15H,4,8-9,14H2,1-3H3. The van der Waals surface area contributed by atoms with E-state index < -0.39 is 0 Å². The molecule has 0 saturated carbocycles. The van der Waals surface area contributed by atoms with Crippen molar-refractivity contribution in [2.45, 2.75) is 39.7 Å². The molecule has 0 aliphatic carbocycles. The van der Waals surface area contributed by atoms with Gasteiger partial charge in [0.2, 0.25) is 0 Å². The van der Waals surface area contributed by atoms with Crippen molar-refractivity contribution in [3.8, 4) is 0 Å². The van der Waals surface area contributed by atoms with Crippen molar-refractivity contribution in [2.75, 3.05) is 11.9 Å². The maximum absolute atomic E-state index is 5.73. The van der Waals surface area contributed by atoms with E-state index in [4.69, 9.17) is 5.73 Å². The third kappa shape index (κ3) is 3.56. The van der Waals surface area contributed by atoms with Crippen LogP contribution in [0.25, 0.3) is 0 Å². The van der Waals surface area contributed by atoms with E-state index in [-0.39, 0.29) is 6.04 Å². The first kappa shape index (κ1) is 12.1. The molecule has 0 fully saturated rings. The smallest absolute Gasteiger partial charge is 0.0402 e. The Balaban J connectivity index is 2.66. The molecule has 0 aliphatic rings. The number of nitrogens with one attached hydrogen (secondary N) is 1. The predicted molar refractivity (Wildman–Crippen MR) is 67.3 cm³/mol. The molecular formula is C13H22N2. The number of anilines is 1. The molecule has 0 bridgehead atoms. The third-order valence-electron chi connectivity index (χ3n) is 2.64. The van der Waals surface area contributed by atoms with Crippen LogP contribution in [-0.2, 0) is 6.42 Å². The fourth-order valence-corrected chi connectivity index (χ4v) is 1.70. The van der Waals surface area contributed by atoms with Crippen LogP contribution in [0.3, 0.4) is 0 Å². The van der Waals surface area contributed by atoms with Gasteiger partial charge in [-0.05, 0) is 37.8 Å². The zero-order chi connectivity index (χ0) is 11.3. The van der Waals surface area contributed by atoms with Crippen LogP contribution in [-0.4, -0.2) is 12.6 Å². The molecule has 84 valence electrons. The summed E-state index contributed by atoms with van der Waals surface area (Å²) in [6.45, 7) is 7.33. The Kier molecular flexibility index (Phi) is 4.63. The number of aryl methyl sites for hydroxylation is 2. The number of hydrogen-bond donors (Lipinski definition) is 2. The summed E-state index contributed by atoms with van der Waals surface area (Å²) < 4.78 is 0. The lowest BCUT2D eigenvalue weighted by Crippen LogP contribution is -2.19. The maximum Gasteiger partial charge on any atom is 0.0402 e. The Labute approximate surface area is 92.9 Å². The van der Waals surface area contributed by atoms with Gasteiger partial charge >= 0.3 is 0 Å². The van der Waals surface area contributed by atoms with Crippen LogP contribution < -0.4 is 11.1 Å². The molecule has 0 heterocycles. The highest BCUT2D eigenvalue weighted by Crippen LogP contribution is 2.20. The molecule has 0 radical (unpaired) electrons. The van der Waals surface area contributed by atoms with Crippen molar-refractivity contribution in [1.82, 2.24) is 0 Å². The van der Waals surface area contributed by atoms with Crippen molar-refractivity contribution in [3.05, 3.63) is 29.3 Å². The zero-order valence-corrected chi connectivity index (χ0v) is 10.0.